The van der Waals surface area contributed by atoms with Crippen LogP contribution in [0.5, 0.6) is 5.75 Å². The lowest BCUT2D eigenvalue weighted by Gasteiger charge is -2.31. The second-order valence-electron chi connectivity index (χ2n) is 11.2. The number of urea groups is 1. The minimum absolute atomic E-state index is 0.184. The zero-order chi connectivity index (χ0) is 27.5. The van der Waals surface area contributed by atoms with E-state index in [9.17, 15) is 9.59 Å². The Balaban J connectivity index is 1.25. The molecule has 0 spiro atoms. The highest BCUT2D eigenvalue weighted by Gasteiger charge is 2.36. The van der Waals surface area contributed by atoms with E-state index in [2.05, 4.69) is 51.9 Å². The number of benzene rings is 1. The van der Waals surface area contributed by atoms with E-state index >= 15 is 0 Å². The van der Waals surface area contributed by atoms with Gasteiger partial charge >= 0.3 is 6.03 Å². The molecule has 1 aliphatic rings. The van der Waals surface area contributed by atoms with E-state index in [4.69, 9.17) is 9.26 Å². The van der Waals surface area contributed by atoms with Crippen molar-refractivity contribution in [3.8, 4) is 5.75 Å². The quantitative estimate of drug-likeness (QED) is 0.375. The van der Waals surface area contributed by atoms with Gasteiger partial charge in [0, 0.05) is 34.4 Å². The van der Waals surface area contributed by atoms with E-state index in [1.165, 1.54) is 0 Å². The Bertz CT molecular complexity index is 1260. The number of likely N-dealkylation sites (tertiary alicyclic amines) is 1. The second kappa shape index (κ2) is 10.8. The van der Waals surface area contributed by atoms with Gasteiger partial charge in [-0.1, -0.05) is 25.9 Å². The number of carbonyl (C=O) groups is 2. The fourth-order valence-electron chi connectivity index (χ4n) is 4.17. The van der Waals surface area contributed by atoms with Crippen molar-refractivity contribution in [2.24, 2.45) is 0 Å². The maximum Gasteiger partial charge on any atom is 0.324 e. The lowest BCUT2D eigenvalue weighted by atomic mass is 9.93. The lowest BCUT2D eigenvalue weighted by Crippen LogP contribution is -2.41. The lowest BCUT2D eigenvalue weighted by molar-refractivity contribution is 0.102. The first-order valence-electron chi connectivity index (χ1n) is 12.7. The fourth-order valence-corrected chi connectivity index (χ4v) is 4.17. The summed E-state index contributed by atoms with van der Waals surface area (Å²) in [5, 5.41) is 12.0. The van der Waals surface area contributed by atoms with E-state index in [1.807, 2.05) is 20.8 Å². The van der Waals surface area contributed by atoms with Gasteiger partial charge in [-0.15, -0.1) is 0 Å². The molecular formula is C28H36N6O4. The molecule has 0 unspecified atom stereocenters. The van der Waals surface area contributed by atoms with E-state index in [-0.39, 0.29) is 22.6 Å². The molecule has 1 saturated heterocycles. The first-order chi connectivity index (χ1) is 17.9. The van der Waals surface area contributed by atoms with Gasteiger partial charge in [0.05, 0.1) is 6.20 Å². The number of likely N-dealkylation sites (N-methyl/N-ethyl adjacent to an activating group) is 1. The molecule has 0 bridgehead atoms. The van der Waals surface area contributed by atoms with Crippen molar-refractivity contribution in [3.63, 3.8) is 0 Å². The summed E-state index contributed by atoms with van der Waals surface area (Å²) in [6.45, 7) is 11.1. The molecule has 0 saturated carbocycles. The molecule has 10 heteroatoms. The van der Waals surface area contributed by atoms with Crippen molar-refractivity contribution in [3.05, 3.63) is 60.1 Å². The van der Waals surface area contributed by atoms with Crippen LogP contribution in [0.25, 0.3) is 0 Å². The summed E-state index contributed by atoms with van der Waals surface area (Å²) < 4.78 is 11.2. The number of hydrogen-bond acceptors (Lipinski definition) is 7. The van der Waals surface area contributed by atoms with Gasteiger partial charge in [0.2, 0.25) is 0 Å². The van der Waals surface area contributed by atoms with E-state index < -0.39 is 6.03 Å². The highest BCUT2D eigenvalue weighted by molar-refractivity contribution is 6.03. The molecule has 3 aromatic rings. The summed E-state index contributed by atoms with van der Waals surface area (Å²) in [5.41, 5.74) is 1.37. The summed E-state index contributed by atoms with van der Waals surface area (Å²) in [7, 11) is 2.13. The molecule has 1 aliphatic heterocycles. The van der Waals surface area contributed by atoms with Crippen LogP contribution in [-0.2, 0) is 5.41 Å². The summed E-state index contributed by atoms with van der Waals surface area (Å²) in [5.74, 6) is 1.29. The van der Waals surface area contributed by atoms with Crippen LogP contribution in [0.4, 0.5) is 22.0 Å². The summed E-state index contributed by atoms with van der Waals surface area (Å²) >= 11 is 0. The number of anilines is 3. The van der Waals surface area contributed by atoms with Crippen LogP contribution in [0.3, 0.4) is 0 Å². The molecule has 3 N–H and O–H groups in total. The Labute approximate surface area is 223 Å². The first kappa shape index (κ1) is 27.1. The number of nitrogens with one attached hydrogen (secondary N) is 3. The third kappa shape index (κ3) is 6.69. The molecule has 1 aromatic carbocycles. The topological polar surface area (TPSA) is 122 Å². The minimum Gasteiger partial charge on any atom is -0.490 e. The number of carbonyl (C=O) groups excluding carboxylic acids is 2. The Morgan fingerprint density at radius 3 is 2.32 bits per heavy atom. The van der Waals surface area contributed by atoms with Crippen LogP contribution in [0.1, 0.15) is 63.7 Å². The number of nitrogens with zero attached hydrogens (tertiary/aromatic N) is 3. The smallest absolute Gasteiger partial charge is 0.324 e. The number of hydrogen-bond donors (Lipinski definition) is 3. The van der Waals surface area contributed by atoms with Gasteiger partial charge in [-0.2, -0.15) is 0 Å². The third-order valence-corrected chi connectivity index (χ3v) is 6.89. The van der Waals surface area contributed by atoms with Gasteiger partial charge in [-0.05, 0) is 70.1 Å². The van der Waals surface area contributed by atoms with Crippen molar-refractivity contribution in [2.75, 3.05) is 29.6 Å². The number of amides is 3. The van der Waals surface area contributed by atoms with Crippen LogP contribution < -0.4 is 20.7 Å². The standard InChI is InChI=1S/C28H36N6O4/c1-27(2,3)23-15-24(33-38-23)32-26(36)31-19-9-7-18(8-10-19)30-25(35)22-12-11-21(16-29-22)37-17-20-13-14-28(4,5)34(20)6/h7-12,15-16,20H,13-14,17H2,1-6H3,(H,30,35)(H2,31,32,33,36)/t20-/m0/s1. The van der Waals surface area contributed by atoms with Crippen LogP contribution in [0, 0.1) is 0 Å². The average molecular weight is 521 g/mol. The number of rotatable bonds is 7. The number of aromatic nitrogens is 2. The predicted octanol–water partition coefficient (Wildman–Crippen LogP) is 5.52. The van der Waals surface area contributed by atoms with Gasteiger partial charge in [0.1, 0.15) is 23.8 Å². The van der Waals surface area contributed by atoms with Gasteiger partial charge in [0.25, 0.3) is 5.91 Å². The molecule has 0 radical (unpaired) electrons. The maximum atomic E-state index is 12.6. The van der Waals surface area contributed by atoms with Crippen LogP contribution >= 0.6 is 0 Å². The van der Waals surface area contributed by atoms with Crippen molar-refractivity contribution >= 4 is 29.1 Å². The molecule has 4 rings (SSSR count). The largest absolute Gasteiger partial charge is 0.490 e. The summed E-state index contributed by atoms with van der Waals surface area (Å²) in [4.78, 5) is 31.5. The van der Waals surface area contributed by atoms with Crippen molar-refractivity contribution in [1.82, 2.24) is 15.0 Å². The van der Waals surface area contributed by atoms with Gasteiger partial charge < -0.3 is 19.9 Å². The molecule has 202 valence electrons. The Hall–Kier alpha value is -3.92. The molecule has 2 aromatic heterocycles. The van der Waals surface area contributed by atoms with E-state index in [1.54, 1.807) is 48.7 Å². The Kier molecular flexibility index (Phi) is 7.73. The summed E-state index contributed by atoms with van der Waals surface area (Å²) in [6, 6.07) is 11.8. The Morgan fingerprint density at radius 1 is 1.08 bits per heavy atom. The van der Waals surface area contributed by atoms with Crippen LogP contribution in [0.15, 0.2) is 53.2 Å². The number of pyridine rings is 1. The molecule has 1 fully saturated rings. The van der Waals surface area contributed by atoms with Crippen molar-refractivity contribution < 1.29 is 18.8 Å². The zero-order valence-corrected chi connectivity index (χ0v) is 22.8. The third-order valence-electron chi connectivity index (χ3n) is 6.89. The SMILES string of the molecule is CN1[C@H](COc2ccc(C(=O)Nc3ccc(NC(=O)Nc4cc(C(C)(C)C)on4)cc3)nc2)CCC1(C)C. The van der Waals surface area contributed by atoms with Gasteiger partial charge in [-0.25, -0.2) is 9.78 Å². The fraction of sp³-hybridized carbons (Fsp3) is 0.429. The first-order valence-corrected chi connectivity index (χ1v) is 12.7. The predicted molar refractivity (Wildman–Crippen MR) is 147 cm³/mol. The van der Waals surface area contributed by atoms with E-state index in [0.29, 0.717) is 41.4 Å². The molecule has 38 heavy (non-hydrogen) atoms. The average Bonchev–Trinajstić information content (AvgIpc) is 3.43. The highest BCUT2D eigenvalue weighted by Crippen LogP contribution is 2.32. The van der Waals surface area contributed by atoms with Crippen LogP contribution in [0.2, 0.25) is 0 Å². The van der Waals surface area contributed by atoms with E-state index in [0.717, 1.165) is 12.8 Å². The maximum absolute atomic E-state index is 12.6. The van der Waals surface area contributed by atoms with Gasteiger partial charge in [-0.3, -0.25) is 15.0 Å². The normalized spacial score (nSPS) is 17.2. The monoisotopic (exact) mass is 520 g/mol. The summed E-state index contributed by atoms with van der Waals surface area (Å²) in [6.07, 6.45) is 3.80. The number of ether oxygens (including phenoxy) is 1. The van der Waals surface area contributed by atoms with Gasteiger partial charge in [0.15, 0.2) is 5.82 Å². The van der Waals surface area contributed by atoms with Crippen molar-refractivity contribution in [1.29, 1.82) is 0 Å². The minimum atomic E-state index is -0.453. The molecular weight excluding hydrogens is 484 g/mol. The Morgan fingerprint density at radius 2 is 1.76 bits per heavy atom. The molecule has 0 aliphatic carbocycles. The molecule has 10 nitrogen and oxygen atoms in total. The van der Waals surface area contributed by atoms with Crippen LogP contribution in [-0.4, -0.2) is 52.2 Å². The molecule has 3 amide bonds. The zero-order valence-electron chi connectivity index (χ0n) is 22.8. The second-order valence-corrected chi connectivity index (χ2v) is 11.2. The molecule has 3 heterocycles. The highest BCUT2D eigenvalue weighted by atomic mass is 16.5. The molecule has 1 atom stereocenters. The van der Waals surface area contributed by atoms with Crippen molar-refractivity contribution in [2.45, 2.75) is 64.5 Å².